The molecule has 1 N–H and O–H groups in total. The number of nitrogens with zero attached hydrogens (tertiary/aromatic N) is 2. The van der Waals surface area contributed by atoms with Crippen LogP contribution in [0, 0.1) is 0 Å². The van der Waals surface area contributed by atoms with E-state index in [1.54, 1.807) is 0 Å². The number of hydrogen-bond donors (Lipinski definition) is 1. The number of imidazole rings is 1. The first-order chi connectivity index (χ1) is 8.40. The molecule has 0 aromatic carbocycles. The van der Waals surface area contributed by atoms with Crippen LogP contribution in [0.2, 0.25) is 0 Å². The van der Waals surface area contributed by atoms with Gasteiger partial charge in [-0.25, -0.2) is 4.98 Å². The van der Waals surface area contributed by atoms with E-state index in [1.165, 1.54) is 30.5 Å². The van der Waals surface area contributed by atoms with Gasteiger partial charge in [0.05, 0.1) is 11.7 Å². The highest BCUT2D eigenvalue weighted by Gasteiger charge is 2.18. The smallest absolute Gasteiger partial charge is 0.112 e. The third-order valence-corrected chi connectivity index (χ3v) is 3.73. The Kier molecular flexibility index (Phi) is 2.85. The lowest BCUT2D eigenvalue weighted by atomic mass is 9.91. The van der Waals surface area contributed by atoms with Crippen molar-refractivity contribution >= 4 is 5.52 Å². The van der Waals surface area contributed by atoms with Crippen molar-refractivity contribution in [3.8, 4) is 0 Å². The van der Waals surface area contributed by atoms with Crippen LogP contribution in [0.1, 0.15) is 37.1 Å². The first-order valence-corrected chi connectivity index (χ1v) is 6.55. The van der Waals surface area contributed by atoms with Crippen LogP contribution in [0.5, 0.6) is 0 Å². The van der Waals surface area contributed by atoms with Gasteiger partial charge in [0.1, 0.15) is 5.82 Å². The molecule has 90 valence electrons. The van der Waals surface area contributed by atoms with Crippen LogP contribution < -0.4 is 5.32 Å². The molecule has 3 heterocycles. The fraction of sp³-hybridized carbons (Fsp3) is 0.500. The van der Waals surface area contributed by atoms with E-state index >= 15 is 0 Å². The fourth-order valence-electron chi connectivity index (χ4n) is 2.82. The van der Waals surface area contributed by atoms with Crippen molar-refractivity contribution in [2.75, 3.05) is 13.1 Å². The largest absolute Gasteiger partial charge is 0.316 e. The molecule has 0 spiro atoms. The summed E-state index contributed by atoms with van der Waals surface area (Å²) >= 11 is 0. The molecule has 2 aromatic heterocycles. The van der Waals surface area contributed by atoms with Gasteiger partial charge in [0.2, 0.25) is 0 Å². The number of pyridine rings is 1. The summed E-state index contributed by atoms with van der Waals surface area (Å²) in [6.07, 6.45) is 7.71. The predicted octanol–water partition coefficient (Wildman–Crippen LogP) is 2.36. The van der Waals surface area contributed by atoms with Gasteiger partial charge in [-0.1, -0.05) is 13.0 Å². The van der Waals surface area contributed by atoms with Crippen molar-refractivity contribution in [2.45, 2.75) is 32.1 Å². The molecule has 0 bridgehead atoms. The van der Waals surface area contributed by atoms with E-state index < -0.39 is 0 Å². The van der Waals surface area contributed by atoms with E-state index in [9.17, 15) is 0 Å². The van der Waals surface area contributed by atoms with Crippen LogP contribution in [0.25, 0.3) is 5.52 Å². The number of rotatable bonds is 2. The maximum Gasteiger partial charge on any atom is 0.112 e. The second kappa shape index (κ2) is 4.49. The van der Waals surface area contributed by atoms with Gasteiger partial charge in [-0.3, -0.25) is 0 Å². The Morgan fingerprint density at radius 2 is 2.47 bits per heavy atom. The van der Waals surface area contributed by atoms with E-state index in [4.69, 9.17) is 0 Å². The predicted molar refractivity (Wildman–Crippen MR) is 69.4 cm³/mol. The van der Waals surface area contributed by atoms with Crippen LogP contribution in [0.4, 0.5) is 0 Å². The van der Waals surface area contributed by atoms with E-state index in [2.05, 4.69) is 40.0 Å². The highest BCUT2D eigenvalue weighted by Crippen LogP contribution is 2.27. The van der Waals surface area contributed by atoms with Crippen molar-refractivity contribution < 1.29 is 0 Å². The van der Waals surface area contributed by atoms with Gasteiger partial charge in [-0.05, 0) is 36.9 Å². The molecule has 17 heavy (non-hydrogen) atoms. The highest BCUT2D eigenvalue weighted by molar-refractivity contribution is 5.56. The Hall–Kier alpha value is -1.35. The average Bonchev–Trinajstić information content (AvgIpc) is 2.82. The Balaban J connectivity index is 2.06. The first kappa shape index (κ1) is 10.8. The van der Waals surface area contributed by atoms with Crippen LogP contribution >= 0.6 is 0 Å². The maximum absolute atomic E-state index is 4.51. The molecule has 0 aliphatic carbocycles. The number of aryl methyl sites for hydroxylation is 1. The molecule has 1 atom stereocenters. The zero-order chi connectivity index (χ0) is 11.7. The Bertz CT molecular complexity index is 509. The molecule has 1 unspecified atom stereocenters. The highest BCUT2D eigenvalue weighted by atomic mass is 15.0. The van der Waals surface area contributed by atoms with Crippen molar-refractivity contribution in [3.63, 3.8) is 0 Å². The zero-order valence-electron chi connectivity index (χ0n) is 10.3. The van der Waals surface area contributed by atoms with Crippen LogP contribution in [-0.2, 0) is 6.42 Å². The molecule has 2 aromatic rings. The van der Waals surface area contributed by atoms with Gasteiger partial charge < -0.3 is 9.72 Å². The topological polar surface area (TPSA) is 29.3 Å². The molecule has 3 heteroatoms. The third kappa shape index (κ3) is 1.84. The number of nitrogens with one attached hydrogen (secondary N) is 1. The lowest BCUT2D eigenvalue weighted by Gasteiger charge is -2.23. The molecular weight excluding hydrogens is 210 g/mol. The van der Waals surface area contributed by atoms with E-state index in [0.717, 1.165) is 18.8 Å². The minimum atomic E-state index is 0.647. The zero-order valence-corrected chi connectivity index (χ0v) is 10.3. The summed E-state index contributed by atoms with van der Waals surface area (Å²) in [4.78, 5) is 4.51. The monoisotopic (exact) mass is 229 g/mol. The standard InChI is InChI=1S/C14H19N3/c1-2-14-16-10-13-12(6-4-8-17(13)14)11-5-3-7-15-9-11/h4,6,8,10-11,15H,2-3,5,7,9H2,1H3. The fourth-order valence-corrected chi connectivity index (χ4v) is 2.82. The molecule has 1 saturated heterocycles. The second-order valence-corrected chi connectivity index (χ2v) is 4.79. The van der Waals surface area contributed by atoms with Crippen molar-refractivity contribution in [1.29, 1.82) is 0 Å². The molecule has 1 fully saturated rings. The van der Waals surface area contributed by atoms with Gasteiger partial charge in [0.25, 0.3) is 0 Å². The summed E-state index contributed by atoms with van der Waals surface area (Å²) in [5.41, 5.74) is 2.74. The molecule has 3 nitrogen and oxygen atoms in total. The summed E-state index contributed by atoms with van der Waals surface area (Å²) in [6.45, 7) is 4.43. The minimum absolute atomic E-state index is 0.647. The number of fused-ring (bicyclic) bond motifs is 1. The Morgan fingerprint density at radius 3 is 3.24 bits per heavy atom. The molecular formula is C14H19N3. The Labute approximate surface area is 102 Å². The third-order valence-electron chi connectivity index (χ3n) is 3.73. The average molecular weight is 229 g/mol. The van der Waals surface area contributed by atoms with Crippen LogP contribution in [0.15, 0.2) is 24.5 Å². The SMILES string of the molecule is CCc1ncc2c(C3CCCNC3)cccn12. The molecule has 0 saturated carbocycles. The van der Waals surface area contributed by atoms with Crippen molar-refractivity contribution in [1.82, 2.24) is 14.7 Å². The summed E-state index contributed by atoms with van der Waals surface area (Å²) in [7, 11) is 0. The minimum Gasteiger partial charge on any atom is -0.316 e. The summed E-state index contributed by atoms with van der Waals surface area (Å²) in [6, 6.07) is 4.41. The van der Waals surface area contributed by atoms with Crippen molar-refractivity contribution in [3.05, 3.63) is 35.9 Å². The van der Waals surface area contributed by atoms with E-state index in [1.807, 2.05) is 6.20 Å². The second-order valence-electron chi connectivity index (χ2n) is 4.79. The van der Waals surface area contributed by atoms with Crippen LogP contribution in [0.3, 0.4) is 0 Å². The van der Waals surface area contributed by atoms with Gasteiger partial charge in [-0.15, -0.1) is 0 Å². The molecule has 0 amide bonds. The molecule has 3 rings (SSSR count). The molecule has 1 aliphatic heterocycles. The summed E-state index contributed by atoms with van der Waals surface area (Å²) in [5.74, 6) is 1.81. The number of hydrogen-bond acceptors (Lipinski definition) is 2. The van der Waals surface area contributed by atoms with E-state index in [0.29, 0.717) is 5.92 Å². The van der Waals surface area contributed by atoms with E-state index in [-0.39, 0.29) is 0 Å². The lowest BCUT2D eigenvalue weighted by Crippen LogP contribution is -2.28. The molecule has 0 radical (unpaired) electrons. The number of aromatic nitrogens is 2. The number of piperidine rings is 1. The summed E-state index contributed by atoms with van der Waals surface area (Å²) in [5, 5.41) is 3.49. The van der Waals surface area contributed by atoms with Gasteiger partial charge >= 0.3 is 0 Å². The van der Waals surface area contributed by atoms with Gasteiger partial charge in [-0.2, -0.15) is 0 Å². The van der Waals surface area contributed by atoms with Gasteiger partial charge in [0, 0.05) is 19.2 Å². The Morgan fingerprint density at radius 1 is 1.53 bits per heavy atom. The maximum atomic E-state index is 4.51. The molecule has 1 aliphatic rings. The van der Waals surface area contributed by atoms with Crippen LogP contribution in [-0.4, -0.2) is 22.5 Å². The van der Waals surface area contributed by atoms with Crippen molar-refractivity contribution in [2.24, 2.45) is 0 Å². The van der Waals surface area contributed by atoms with Gasteiger partial charge in [0.15, 0.2) is 0 Å². The first-order valence-electron chi connectivity index (χ1n) is 6.55. The quantitative estimate of drug-likeness (QED) is 0.856. The lowest BCUT2D eigenvalue weighted by molar-refractivity contribution is 0.463. The summed E-state index contributed by atoms with van der Waals surface area (Å²) < 4.78 is 2.24. The normalized spacial score (nSPS) is 20.9.